The van der Waals surface area contributed by atoms with Crippen molar-refractivity contribution >= 4 is 21.4 Å². The van der Waals surface area contributed by atoms with Crippen LogP contribution in [0.3, 0.4) is 0 Å². The van der Waals surface area contributed by atoms with Gasteiger partial charge in [0.1, 0.15) is 18.1 Å². The summed E-state index contributed by atoms with van der Waals surface area (Å²) in [6.07, 6.45) is 0. The van der Waals surface area contributed by atoms with E-state index in [1.807, 2.05) is 36.4 Å². The zero-order valence-electron chi connectivity index (χ0n) is 13.8. The van der Waals surface area contributed by atoms with Crippen molar-refractivity contribution in [1.82, 2.24) is 0 Å². The number of methoxy groups -OCH3 is 1. The topological polar surface area (TPSA) is 76.7 Å². The van der Waals surface area contributed by atoms with E-state index in [-0.39, 0.29) is 5.75 Å². The van der Waals surface area contributed by atoms with Crippen LogP contribution < -0.4 is 19.5 Å². The second kappa shape index (κ2) is 8.44. The Bertz CT molecular complexity index is 728. The minimum Gasteiger partial charge on any atom is -0.497 e. The van der Waals surface area contributed by atoms with E-state index >= 15 is 0 Å². The lowest BCUT2D eigenvalue weighted by atomic mass is 10.3. The molecule has 24 heavy (non-hydrogen) atoms. The number of hydrogen-bond donors (Lipinski definition) is 2. The summed E-state index contributed by atoms with van der Waals surface area (Å²) in [6, 6.07) is 14.5. The first-order chi connectivity index (χ1) is 11.5. The predicted octanol–water partition coefficient (Wildman–Crippen LogP) is 2.95. The second-order valence-corrected chi connectivity index (χ2v) is 7.04. The fraction of sp³-hybridized carbons (Fsp3) is 0.294. The maximum atomic E-state index is 11.5. The lowest BCUT2D eigenvalue weighted by Gasteiger charge is -2.10. The molecule has 0 radical (unpaired) electrons. The Balaban J connectivity index is 1.76. The third-order valence-electron chi connectivity index (χ3n) is 3.30. The minimum atomic E-state index is -3.24. The summed E-state index contributed by atoms with van der Waals surface area (Å²) in [5, 5.41) is 3.21. The molecule has 2 N–H and O–H groups in total. The van der Waals surface area contributed by atoms with Crippen LogP contribution in [0.4, 0.5) is 11.4 Å². The summed E-state index contributed by atoms with van der Waals surface area (Å²) in [4.78, 5) is 0. The fourth-order valence-electron chi connectivity index (χ4n) is 1.94. The summed E-state index contributed by atoms with van der Waals surface area (Å²) in [5.74, 6) is 1.62. The van der Waals surface area contributed by atoms with Crippen molar-refractivity contribution in [2.24, 2.45) is 0 Å². The molecule has 0 saturated heterocycles. The van der Waals surface area contributed by atoms with Crippen molar-refractivity contribution in [2.45, 2.75) is 6.92 Å². The largest absolute Gasteiger partial charge is 0.497 e. The van der Waals surface area contributed by atoms with Gasteiger partial charge in [0.25, 0.3) is 0 Å². The van der Waals surface area contributed by atoms with Crippen LogP contribution in [-0.2, 0) is 10.0 Å². The average Bonchev–Trinajstić information content (AvgIpc) is 2.60. The van der Waals surface area contributed by atoms with E-state index in [4.69, 9.17) is 9.47 Å². The van der Waals surface area contributed by atoms with Crippen LogP contribution in [0.2, 0.25) is 0 Å². The highest BCUT2D eigenvalue weighted by Crippen LogP contribution is 2.17. The van der Waals surface area contributed by atoms with Gasteiger partial charge in [-0.25, -0.2) is 8.42 Å². The summed E-state index contributed by atoms with van der Waals surface area (Å²) in [7, 11) is -1.62. The van der Waals surface area contributed by atoms with Crippen LogP contribution in [0.25, 0.3) is 0 Å². The number of benzene rings is 2. The predicted molar refractivity (Wildman–Crippen MR) is 96.5 cm³/mol. The van der Waals surface area contributed by atoms with E-state index in [0.29, 0.717) is 18.8 Å². The number of anilines is 2. The zero-order chi connectivity index (χ0) is 17.4. The summed E-state index contributed by atoms with van der Waals surface area (Å²) in [6.45, 7) is 2.74. The van der Waals surface area contributed by atoms with Crippen molar-refractivity contribution in [1.29, 1.82) is 0 Å². The number of ether oxygens (including phenoxy) is 2. The average molecular weight is 350 g/mol. The molecule has 0 aliphatic rings. The lowest BCUT2D eigenvalue weighted by molar-refractivity contribution is 0.332. The third-order valence-corrected chi connectivity index (χ3v) is 4.60. The summed E-state index contributed by atoms with van der Waals surface area (Å²) < 4.78 is 36.2. The molecule has 0 bridgehead atoms. The van der Waals surface area contributed by atoms with Gasteiger partial charge in [0, 0.05) is 17.9 Å². The molecule has 130 valence electrons. The van der Waals surface area contributed by atoms with Crippen molar-refractivity contribution in [3.05, 3.63) is 48.5 Å². The molecule has 0 unspecified atom stereocenters. The molecule has 0 spiro atoms. The van der Waals surface area contributed by atoms with Crippen LogP contribution in [0, 0.1) is 0 Å². The Labute approximate surface area is 142 Å². The van der Waals surface area contributed by atoms with Gasteiger partial charge >= 0.3 is 0 Å². The number of sulfonamides is 1. The molecule has 7 heteroatoms. The standard InChI is InChI=1S/C17H22N2O4S/c1-3-24(20,21)19-15-6-4-14(5-7-15)18-12-13-23-17-10-8-16(22-2)9-11-17/h4-11,18-19H,3,12-13H2,1-2H3. The highest BCUT2D eigenvalue weighted by molar-refractivity contribution is 7.92. The Hall–Kier alpha value is -2.41. The molecule has 0 heterocycles. The Morgan fingerprint density at radius 3 is 2.08 bits per heavy atom. The summed E-state index contributed by atoms with van der Waals surface area (Å²) in [5.41, 5.74) is 1.45. The molecule has 0 aromatic heterocycles. The van der Waals surface area contributed by atoms with Gasteiger partial charge in [0.15, 0.2) is 0 Å². The monoisotopic (exact) mass is 350 g/mol. The third kappa shape index (κ3) is 5.66. The van der Waals surface area contributed by atoms with E-state index in [1.165, 1.54) is 0 Å². The first-order valence-electron chi connectivity index (χ1n) is 7.63. The van der Waals surface area contributed by atoms with E-state index in [9.17, 15) is 8.42 Å². The molecule has 2 aromatic rings. The molecular formula is C17H22N2O4S. The zero-order valence-corrected chi connectivity index (χ0v) is 14.6. The van der Waals surface area contributed by atoms with Crippen LogP contribution in [0.15, 0.2) is 48.5 Å². The maximum absolute atomic E-state index is 11.5. The van der Waals surface area contributed by atoms with Crippen molar-refractivity contribution < 1.29 is 17.9 Å². The first kappa shape index (κ1) is 17.9. The fourth-order valence-corrected chi connectivity index (χ4v) is 2.58. The molecule has 0 aliphatic heterocycles. The Morgan fingerprint density at radius 1 is 0.917 bits per heavy atom. The number of nitrogens with one attached hydrogen (secondary N) is 2. The lowest BCUT2D eigenvalue weighted by Crippen LogP contribution is -2.14. The van der Waals surface area contributed by atoms with E-state index in [2.05, 4.69) is 10.0 Å². The van der Waals surface area contributed by atoms with Gasteiger partial charge in [-0.05, 0) is 55.5 Å². The first-order valence-corrected chi connectivity index (χ1v) is 9.29. The van der Waals surface area contributed by atoms with Gasteiger partial charge in [-0.3, -0.25) is 4.72 Å². The van der Waals surface area contributed by atoms with Gasteiger partial charge < -0.3 is 14.8 Å². The van der Waals surface area contributed by atoms with E-state index < -0.39 is 10.0 Å². The van der Waals surface area contributed by atoms with Crippen molar-refractivity contribution in [3.63, 3.8) is 0 Å². The van der Waals surface area contributed by atoms with Crippen LogP contribution in [0.1, 0.15) is 6.92 Å². The molecular weight excluding hydrogens is 328 g/mol. The molecule has 6 nitrogen and oxygen atoms in total. The number of rotatable bonds is 9. The molecule has 0 atom stereocenters. The van der Waals surface area contributed by atoms with Gasteiger partial charge in [0.2, 0.25) is 10.0 Å². The SMILES string of the molecule is CCS(=O)(=O)Nc1ccc(NCCOc2ccc(OC)cc2)cc1. The smallest absolute Gasteiger partial charge is 0.232 e. The highest BCUT2D eigenvalue weighted by atomic mass is 32.2. The van der Waals surface area contributed by atoms with E-state index in [0.717, 1.165) is 17.2 Å². The van der Waals surface area contributed by atoms with Gasteiger partial charge in [-0.15, -0.1) is 0 Å². The van der Waals surface area contributed by atoms with Crippen LogP contribution in [0.5, 0.6) is 11.5 Å². The van der Waals surface area contributed by atoms with Gasteiger partial charge in [0.05, 0.1) is 12.9 Å². The van der Waals surface area contributed by atoms with Crippen molar-refractivity contribution in [3.8, 4) is 11.5 Å². The Morgan fingerprint density at radius 2 is 1.50 bits per heavy atom. The Kier molecular flexibility index (Phi) is 6.31. The minimum absolute atomic E-state index is 0.0513. The number of hydrogen-bond acceptors (Lipinski definition) is 5. The molecule has 2 aromatic carbocycles. The second-order valence-electron chi connectivity index (χ2n) is 5.03. The molecule has 0 saturated carbocycles. The summed E-state index contributed by atoms with van der Waals surface area (Å²) >= 11 is 0. The quantitative estimate of drug-likeness (QED) is 0.680. The van der Waals surface area contributed by atoms with Gasteiger partial charge in [-0.2, -0.15) is 0 Å². The highest BCUT2D eigenvalue weighted by Gasteiger charge is 2.06. The van der Waals surface area contributed by atoms with Crippen LogP contribution in [-0.4, -0.2) is 34.4 Å². The van der Waals surface area contributed by atoms with Crippen LogP contribution >= 0.6 is 0 Å². The normalized spacial score (nSPS) is 10.9. The maximum Gasteiger partial charge on any atom is 0.232 e. The molecule has 0 fully saturated rings. The molecule has 0 aliphatic carbocycles. The van der Waals surface area contributed by atoms with Crippen molar-refractivity contribution in [2.75, 3.05) is 36.1 Å². The molecule has 0 amide bonds. The van der Waals surface area contributed by atoms with E-state index in [1.54, 1.807) is 26.2 Å². The van der Waals surface area contributed by atoms with Gasteiger partial charge in [-0.1, -0.05) is 0 Å². The molecule has 2 rings (SSSR count).